The van der Waals surface area contributed by atoms with E-state index in [-0.39, 0.29) is 23.9 Å². The Labute approximate surface area is 204 Å². The van der Waals surface area contributed by atoms with E-state index in [1.54, 1.807) is 47.8 Å². The van der Waals surface area contributed by atoms with Gasteiger partial charge in [-0.25, -0.2) is 9.50 Å². The number of fused-ring (bicyclic) bond motifs is 1. The minimum Gasteiger partial charge on any atom is -0.496 e. The first-order chi connectivity index (χ1) is 17.0. The Morgan fingerprint density at radius 2 is 2.17 bits per heavy atom. The van der Waals surface area contributed by atoms with Crippen molar-refractivity contribution in [1.29, 1.82) is 5.26 Å². The van der Waals surface area contributed by atoms with Gasteiger partial charge >= 0.3 is 0 Å². The first-order valence-electron chi connectivity index (χ1n) is 10.6. The second-order valence-corrected chi connectivity index (χ2v) is 8.39. The molecule has 1 N–H and O–H groups in total. The highest BCUT2D eigenvalue weighted by molar-refractivity contribution is 6.31. The van der Waals surface area contributed by atoms with E-state index >= 15 is 0 Å². The minimum absolute atomic E-state index is 0.0534. The smallest absolute Gasteiger partial charge is 0.261 e. The molecule has 0 unspecified atom stereocenters. The Morgan fingerprint density at radius 3 is 2.94 bits per heavy atom. The van der Waals surface area contributed by atoms with Gasteiger partial charge in [-0.05, 0) is 24.3 Å². The van der Waals surface area contributed by atoms with Crippen LogP contribution in [0.15, 0.2) is 49.1 Å². The van der Waals surface area contributed by atoms with Crippen molar-refractivity contribution >= 4 is 34.7 Å². The molecule has 3 aromatic heterocycles. The lowest BCUT2D eigenvalue weighted by atomic mass is 10.0. The number of nitrogens with one attached hydrogen (secondary N) is 1. The van der Waals surface area contributed by atoms with Gasteiger partial charge in [-0.3, -0.25) is 14.3 Å². The van der Waals surface area contributed by atoms with Crippen molar-refractivity contribution in [3.8, 4) is 23.1 Å². The molecule has 0 spiro atoms. The summed E-state index contributed by atoms with van der Waals surface area (Å²) >= 11 is 6.23. The molecule has 1 saturated heterocycles. The molecule has 4 aromatic rings. The number of anilines is 1. The fourth-order valence-corrected chi connectivity index (χ4v) is 4.01. The van der Waals surface area contributed by atoms with Gasteiger partial charge in [0.05, 0.1) is 31.0 Å². The van der Waals surface area contributed by atoms with Crippen molar-refractivity contribution in [2.75, 3.05) is 25.5 Å². The van der Waals surface area contributed by atoms with E-state index < -0.39 is 5.91 Å². The number of carbonyl (C=O) groups is 2. The van der Waals surface area contributed by atoms with E-state index in [1.165, 1.54) is 22.5 Å². The monoisotopic (exact) mass is 490 g/mol. The second kappa shape index (κ2) is 9.08. The highest BCUT2D eigenvalue weighted by atomic mass is 35.5. The van der Waals surface area contributed by atoms with Crippen LogP contribution in [0.5, 0.6) is 5.75 Å². The van der Waals surface area contributed by atoms with Crippen LogP contribution in [0.25, 0.3) is 16.9 Å². The Hall–Kier alpha value is -4.43. The third kappa shape index (κ3) is 4.27. The van der Waals surface area contributed by atoms with Gasteiger partial charge in [-0.1, -0.05) is 11.6 Å². The zero-order valence-electron chi connectivity index (χ0n) is 18.6. The standard InChI is InChI=1S/C23H19ClN8O3/c1-35-19-4-3-15(24)7-16(19)21-18(12-31(29-21)13-20(33)30-10-14(8-25)11-30)28-23(34)17-9-27-32-6-2-5-26-22(17)32/h2-7,9,12,14H,10-11,13H2,1H3,(H,28,34). The average Bonchev–Trinajstić information content (AvgIpc) is 3.42. The highest BCUT2D eigenvalue weighted by Gasteiger charge is 2.31. The maximum Gasteiger partial charge on any atom is 0.261 e. The molecule has 0 atom stereocenters. The van der Waals surface area contributed by atoms with Gasteiger partial charge in [0.1, 0.15) is 23.6 Å². The van der Waals surface area contributed by atoms with Gasteiger partial charge in [-0.15, -0.1) is 0 Å². The van der Waals surface area contributed by atoms with E-state index in [0.29, 0.717) is 46.5 Å². The Bertz CT molecular complexity index is 1480. The first-order valence-corrected chi connectivity index (χ1v) is 11.0. The zero-order chi connectivity index (χ0) is 24.5. The lowest BCUT2D eigenvalue weighted by Crippen LogP contribution is -2.50. The summed E-state index contributed by atoms with van der Waals surface area (Å²) in [6.07, 6.45) is 6.27. The van der Waals surface area contributed by atoms with E-state index in [4.69, 9.17) is 21.6 Å². The van der Waals surface area contributed by atoms with Crippen LogP contribution >= 0.6 is 11.6 Å². The third-order valence-corrected chi connectivity index (χ3v) is 5.90. The molecule has 5 rings (SSSR count). The van der Waals surface area contributed by atoms with E-state index in [9.17, 15) is 9.59 Å². The summed E-state index contributed by atoms with van der Waals surface area (Å²) in [6.45, 7) is 0.746. The summed E-state index contributed by atoms with van der Waals surface area (Å²) in [6, 6.07) is 8.92. The van der Waals surface area contributed by atoms with Gasteiger partial charge in [0.15, 0.2) is 5.65 Å². The van der Waals surface area contributed by atoms with E-state index in [1.807, 2.05) is 0 Å². The summed E-state index contributed by atoms with van der Waals surface area (Å²) in [4.78, 5) is 31.6. The van der Waals surface area contributed by atoms with Crippen LogP contribution < -0.4 is 10.1 Å². The van der Waals surface area contributed by atoms with Crippen molar-refractivity contribution in [2.24, 2.45) is 5.92 Å². The van der Waals surface area contributed by atoms with Crippen molar-refractivity contribution in [3.05, 3.63) is 59.6 Å². The molecule has 1 aliphatic heterocycles. The Kier molecular flexibility index (Phi) is 5.80. The SMILES string of the molecule is COc1ccc(Cl)cc1-c1nn(CC(=O)N2CC(C#N)C2)cc1NC(=O)c1cnn2cccnc12. The molecule has 176 valence electrons. The molecular formula is C23H19ClN8O3. The number of nitriles is 1. The molecule has 11 nitrogen and oxygen atoms in total. The number of nitrogens with zero attached hydrogens (tertiary/aromatic N) is 7. The highest BCUT2D eigenvalue weighted by Crippen LogP contribution is 2.36. The molecule has 0 saturated carbocycles. The number of hydrogen-bond donors (Lipinski definition) is 1. The summed E-state index contributed by atoms with van der Waals surface area (Å²) in [5.41, 5.74) is 1.97. The fourth-order valence-electron chi connectivity index (χ4n) is 3.84. The summed E-state index contributed by atoms with van der Waals surface area (Å²) in [5, 5.41) is 21.0. The molecule has 1 aromatic carbocycles. The molecule has 35 heavy (non-hydrogen) atoms. The van der Waals surface area contributed by atoms with Crippen LogP contribution in [0, 0.1) is 17.2 Å². The van der Waals surface area contributed by atoms with Crippen LogP contribution in [-0.2, 0) is 11.3 Å². The van der Waals surface area contributed by atoms with Crippen molar-refractivity contribution in [1.82, 2.24) is 29.3 Å². The fraction of sp³-hybridized carbons (Fsp3) is 0.217. The van der Waals surface area contributed by atoms with Gasteiger partial charge in [0.2, 0.25) is 5.91 Å². The minimum atomic E-state index is -0.438. The number of carbonyl (C=O) groups excluding carboxylic acids is 2. The maximum atomic E-state index is 13.2. The number of halogens is 1. The molecule has 1 fully saturated rings. The van der Waals surface area contributed by atoms with Crippen molar-refractivity contribution < 1.29 is 14.3 Å². The number of ether oxygens (including phenoxy) is 1. The van der Waals surface area contributed by atoms with Crippen molar-refractivity contribution in [2.45, 2.75) is 6.54 Å². The molecule has 12 heteroatoms. The first kappa shape index (κ1) is 22.4. The quantitative estimate of drug-likeness (QED) is 0.439. The predicted molar refractivity (Wildman–Crippen MR) is 126 cm³/mol. The maximum absolute atomic E-state index is 13.2. The van der Waals surface area contributed by atoms with Gasteiger partial charge in [-0.2, -0.15) is 15.5 Å². The average molecular weight is 491 g/mol. The second-order valence-electron chi connectivity index (χ2n) is 7.96. The topological polar surface area (TPSA) is 130 Å². The molecule has 0 aliphatic carbocycles. The Balaban J connectivity index is 1.49. The molecule has 1 aliphatic rings. The summed E-state index contributed by atoms with van der Waals surface area (Å²) in [5.74, 6) is -0.254. The molecule has 0 radical (unpaired) electrons. The predicted octanol–water partition coefficient (Wildman–Crippen LogP) is 2.49. The lowest BCUT2D eigenvalue weighted by molar-refractivity contribution is -0.137. The van der Waals surface area contributed by atoms with Crippen molar-refractivity contribution in [3.63, 3.8) is 0 Å². The largest absolute Gasteiger partial charge is 0.496 e. The summed E-state index contributed by atoms with van der Waals surface area (Å²) < 4.78 is 8.42. The van der Waals surface area contributed by atoms with Crippen LogP contribution in [0.3, 0.4) is 0 Å². The third-order valence-electron chi connectivity index (χ3n) is 5.66. The number of amides is 2. The molecular weight excluding hydrogens is 472 g/mol. The van der Waals surface area contributed by atoms with E-state index in [2.05, 4.69) is 26.6 Å². The molecule has 0 bridgehead atoms. The number of hydrogen-bond acceptors (Lipinski definition) is 7. The van der Waals surface area contributed by atoms with Crippen LogP contribution in [0.2, 0.25) is 5.02 Å². The van der Waals surface area contributed by atoms with Crippen LogP contribution in [0.1, 0.15) is 10.4 Å². The van der Waals surface area contributed by atoms with Crippen LogP contribution in [0.4, 0.5) is 5.69 Å². The van der Waals surface area contributed by atoms with Gasteiger partial charge < -0.3 is 15.0 Å². The number of methoxy groups -OCH3 is 1. The zero-order valence-corrected chi connectivity index (χ0v) is 19.3. The number of aromatic nitrogens is 5. The Morgan fingerprint density at radius 1 is 1.34 bits per heavy atom. The molecule has 4 heterocycles. The summed E-state index contributed by atoms with van der Waals surface area (Å²) in [7, 11) is 1.52. The van der Waals surface area contributed by atoms with E-state index in [0.717, 1.165) is 0 Å². The lowest BCUT2D eigenvalue weighted by Gasteiger charge is -2.35. The van der Waals surface area contributed by atoms with Gasteiger partial charge in [0, 0.05) is 42.3 Å². The number of likely N-dealkylation sites (tertiary alicyclic amines) is 1. The molecule has 2 amide bonds. The number of benzene rings is 1. The normalized spacial score (nSPS) is 13.3. The van der Waals surface area contributed by atoms with Crippen LogP contribution in [-0.4, -0.2) is 61.3 Å². The van der Waals surface area contributed by atoms with Gasteiger partial charge in [0.25, 0.3) is 5.91 Å². The number of rotatable bonds is 6.